The van der Waals surface area contributed by atoms with E-state index in [9.17, 15) is 9.59 Å². The number of benzene rings is 1. The van der Waals surface area contributed by atoms with E-state index in [1.807, 2.05) is 30.3 Å². The minimum Gasteiger partial charge on any atom is -0.459 e. The Bertz CT molecular complexity index is 433. The van der Waals surface area contributed by atoms with Crippen molar-refractivity contribution >= 4 is 11.9 Å². The number of hydrogen-bond acceptors (Lipinski definition) is 4. The predicted molar refractivity (Wildman–Crippen MR) is 74.7 cm³/mol. The standard InChI is InChI=1S/C15H21NO4/c1-11(9-17)8-14(18)16-12(2)15(19)20-10-13-6-4-3-5-7-13/h3-7,11-12,17H,8-10H2,1-2H3,(H,16,18)/t11?,12-/m1/s1. The van der Waals surface area contributed by atoms with Crippen LogP contribution in [0.3, 0.4) is 0 Å². The van der Waals surface area contributed by atoms with Crippen molar-refractivity contribution in [3.05, 3.63) is 35.9 Å². The van der Waals surface area contributed by atoms with Crippen molar-refractivity contribution in [3.8, 4) is 0 Å². The third kappa shape index (κ3) is 5.84. The Labute approximate surface area is 118 Å². The third-order valence-electron chi connectivity index (χ3n) is 2.80. The van der Waals surface area contributed by atoms with Gasteiger partial charge in [0.1, 0.15) is 12.6 Å². The zero-order valence-electron chi connectivity index (χ0n) is 11.8. The van der Waals surface area contributed by atoms with Gasteiger partial charge in [0.25, 0.3) is 0 Å². The molecule has 0 heterocycles. The molecular weight excluding hydrogens is 258 g/mol. The normalized spacial score (nSPS) is 13.3. The van der Waals surface area contributed by atoms with E-state index in [4.69, 9.17) is 9.84 Å². The van der Waals surface area contributed by atoms with Crippen molar-refractivity contribution in [2.24, 2.45) is 5.92 Å². The van der Waals surface area contributed by atoms with E-state index >= 15 is 0 Å². The van der Waals surface area contributed by atoms with Crippen LogP contribution in [0.1, 0.15) is 25.8 Å². The van der Waals surface area contributed by atoms with Gasteiger partial charge in [0.15, 0.2) is 0 Å². The second-order valence-electron chi connectivity index (χ2n) is 4.87. The molecule has 1 rings (SSSR count). The van der Waals surface area contributed by atoms with Crippen molar-refractivity contribution in [1.29, 1.82) is 0 Å². The highest BCUT2D eigenvalue weighted by atomic mass is 16.5. The zero-order valence-corrected chi connectivity index (χ0v) is 11.8. The van der Waals surface area contributed by atoms with Crippen LogP contribution in [0.2, 0.25) is 0 Å². The van der Waals surface area contributed by atoms with Crippen LogP contribution in [0.5, 0.6) is 0 Å². The van der Waals surface area contributed by atoms with E-state index in [0.717, 1.165) is 5.56 Å². The highest BCUT2D eigenvalue weighted by Crippen LogP contribution is 2.03. The van der Waals surface area contributed by atoms with Gasteiger partial charge in [-0.2, -0.15) is 0 Å². The molecule has 0 radical (unpaired) electrons. The highest BCUT2D eigenvalue weighted by Gasteiger charge is 2.18. The molecule has 5 heteroatoms. The van der Waals surface area contributed by atoms with Gasteiger partial charge in [-0.15, -0.1) is 0 Å². The first kappa shape index (κ1) is 16.2. The smallest absolute Gasteiger partial charge is 0.328 e. The third-order valence-corrected chi connectivity index (χ3v) is 2.80. The topological polar surface area (TPSA) is 75.6 Å². The lowest BCUT2D eigenvalue weighted by Gasteiger charge is -2.14. The summed E-state index contributed by atoms with van der Waals surface area (Å²) in [4.78, 5) is 23.3. The van der Waals surface area contributed by atoms with Gasteiger partial charge >= 0.3 is 5.97 Å². The van der Waals surface area contributed by atoms with Crippen molar-refractivity contribution in [2.45, 2.75) is 32.9 Å². The summed E-state index contributed by atoms with van der Waals surface area (Å²) in [6.45, 7) is 3.47. The van der Waals surface area contributed by atoms with E-state index in [-0.39, 0.29) is 31.5 Å². The van der Waals surface area contributed by atoms with Crippen LogP contribution >= 0.6 is 0 Å². The molecule has 5 nitrogen and oxygen atoms in total. The molecule has 0 aliphatic carbocycles. The van der Waals surface area contributed by atoms with Crippen LogP contribution in [0.25, 0.3) is 0 Å². The van der Waals surface area contributed by atoms with Gasteiger partial charge in [0.2, 0.25) is 5.91 Å². The Morgan fingerprint density at radius 2 is 1.90 bits per heavy atom. The second-order valence-corrected chi connectivity index (χ2v) is 4.87. The Kier molecular flexibility index (Phi) is 6.73. The number of aliphatic hydroxyl groups is 1. The summed E-state index contributed by atoms with van der Waals surface area (Å²) in [5.41, 5.74) is 0.897. The fourth-order valence-corrected chi connectivity index (χ4v) is 1.59. The zero-order chi connectivity index (χ0) is 15.0. The molecule has 0 aliphatic heterocycles. The lowest BCUT2D eigenvalue weighted by Crippen LogP contribution is -2.40. The van der Waals surface area contributed by atoms with Crippen LogP contribution in [0, 0.1) is 5.92 Å². The molecule has 110 valence electrons. The molecule has 1 unspecified atom stereocenters. The minimum atomic E-state index is -0.697. The maximum absolute atomic E-state index is 11.7. The minimum absolute atomic E-state index is 0.0553. The number of esters is 1. The SMILES string of the molecule is CC(CO)CC(=O)N[C@H](C)C(=O)OCc1ccccc1. The van der Waals surface area contributed by atoms with Crippen LogP contribution in [0.4, 0.5) is 0 Å². The van der Waals surface area contributed by atoms with Gasteiger partial charge in [-0.05, 0) is 18.4 Å². The second kappa shape index (κ2) is 8.32. The lowest BCUT2D eigenvalue weighted by molar-refractivity contribution is -0.148. The van der Waals surface area contributed by atoms with E-state index in [1.54, 1.807) is 13.8 Å². The summed E-state index contributed by atoms with van der Waals surface area (Å²) in [6.07, 6.45) is 0.187. The average Bonchev–Trinajstić information content (AvgIpc) is 2.45. The van der Waals surface area contributed by atoms with E-state index in [2.05, 4.69) is 5.32 Å². The molecule has 0 fully saturated rings. The maximum Gasteiger partial charge on any atom is 0.328 e. The Morgan fingerprint density at radius 1 is 1.25 bits per heavy atom. The number of aliphatic hydroxyl groups excluding tert-OH is 1. The molecule has 0 saturated heterocycles. The van der Waals surface area contributed by atoms with E-state index in [1.165, 1.54) is 0 Å². The molecule has 1 aromatic rings. The predicted octanol–water partition coefficient (Wildman–Crippen LogP) is 1.25. The molecular formula is C15H21NO4. The van der Waals surface area contributed by atoms with Gasteiger partial charge in [-0.3, -0.25) is 4.79 Å². The molecule has 1 amide bonds. The molecule has 1 aromatic carbocycles. The fraction of sp³-hybridized carbons (Fsp3) is 0.467. The molecule has 20 heavy (non-hydrogen) atoms. The van der Waals surface area contributed by atoms with Gasteiger partial charge < -0.3 is 15.2 Å². The van der Waals surface area contributed by atoms with Crippen molar-refractivity contribution in [1.82, 2.24) is 5.32 Å². The first-order valence-corrected chi connectivity index (χ1v) is 6.63. The van der Waals surface area contributed by atoms with Gasteiger partial charge in [-0.25, -0.2) is 4.79 Å². The summed E-state index contributed by atoms with van der Waals surface area (Å²) in [5, 5.41) is 11.4. The molecule has 0 spiro atoms. The molecule has 0 bridgehead atoms. The first-order chi connectivity index (χ1) is 9.52. The van der Waals surface area contributed by atoms with Gasteiger partial charge in [-0.1, -0.05) is 37.3 Å². The van der Waals surface area contributed by atoms with Crippen molar-refractivity contribution < 1.29 is 19.4 Å². The van der Waals surface area contributed by atoms with Crippen molar-refractivity contribution in [3.63, 3.8) is 0 Å². The molecule has 0 aliphatic rings. The number of amides is 1. The number of carbonyl (C=O) groups excluding carboxylic acids is 2. The first-order valence-electron chi connectivity index (χ1n) is 6.63. The van der Waals surface area contributed by atoms with Gasteiger partial charge in [0, 0.05) is 13.0 Å². The lowest BCUT2D eigenvalue weighted by atomic mass is 10.1. The summed E-state index contributed by atoms with van der Waals surface area (Å²) in [5.74, 6) is -0.864. The van der Waals surface area contributed by atoms with Gasteiger partial charge in [0.05, 0.1) is 0 Å². The highest BCUT2D eigenvalue weighted by molar-refractivity contribution is 5.84. The quantitative estimate of drug-likeness (QED) is 0.737. The van der Waals surface area contributed by atoms with Crippen LogP contribution in [-0.4, -0.2) is 29.6 Å². The molecule has 2 atom stereocenters. The van der Waals surface area contributed by atoms with Crippen molar-refractivity contribution in [2.75, 3.05) is 6.61 Å². The Balaban J connectivity index is 2.34. The van der Waals surface area contributed by atoms with Crippen LogP contribution < -0.4 is 5.32 Å². The summed E-state index contributed by atoms with van der Waals surface area (Å²) < 4.78 is 5.12. The van der Waals surface area contributed by atoms with Crippen LogP contribution in [0.15, 0.2) is 30.3 Å². The monoisotopic (exact) mass is 279 g/mol. The van der Waals surface area contributed by atoms with E-state index < -0.39 is 12.0 Å². The van der Waals surface area contributed by atoms with Crippen LogP contribution in [-0.2, 0) is 20.9 Å². The summed E-state index contributed by atoms with van der Waals surface area (Å²) in [7, 11) is 0. The average molecular weight is 279 g/mol. The molecule has 2 N–H and O–H groups in total. The Hall–Kier alpha value is -1.88. The number of hydrogen-bond donors (Lipinski definition) is 2. The number of rotatable bonds is 7. The summed E-state index contributed by atoms with van der Waals surface area (Å²) >= 11 is 0. The maximum atomic E-state index is 11.7. The number of nitrogens with one attached hydrogen (secondary N) is 1. The Morgan fingerprint density at radius 3 is 2.50 bits per heavy atom. The molecule has 0 saturated carbocycles. The fourth-order valence-electron chi connectivity index (χ4n) is 1.59. The number of carbonyl (C=O) groups is 2. The molecule has 0 aromatic heterocycles. The largest absolute Gasteiger partial charge is 0.459 e. The number of ether oxygens (including phenoxy) is 1. The summed E-state index contributed by atoms with van der Waals surface area (Å²) in [6, 6.07) is 8.64. The van der Waals surface area contributed by atoms with E-state index in [0.29, 0.717) is 0 Å².